The quantitative estimate of drug-likeness (QED) is 0.678. The number of nitrogens with two attached hydrogens (primary N) is 2. The van der Waals surface area contributed by atoms with Crippen molar-refractivity contribution in [3.8, 4) is 0 Å². The van der Waals surface area contributed by atoms with Crippen LogP contribution in [0.2, 0.25) is 0 Å². The molecule has 0 aliphatic heterocycles. The first-order chi connectivity index (χ1) is 8.32. The standard InChI is InChI=1S/C11H19N5O2/c1-6(2)4-16(5-8(12)17)11(18)9-7(3)14-15-10(9)13/h6H,4-5H2,1-3H3,(H2,12,17)(H3,13,14,15). The number of carbonyl (C=O) groups excluding carboxylic acids is 2. The van der Waals surface area contributed by atoms with Crippen LogP contribution in [-0.2, 0) is 4.79 Å². The highest BCUT2D eigenvalue weighted by Crippen LogP contribution is 2.16. The number of primary amides is 1. The monoisotopic (exact) mass is 253 g/mol. The van der Waals surface area contributed by atoms with E-state index >= 15 is 0 Å². The van der Waals surface area contributed by atoms with E-state index in [0.717, 1.165) is 0 Å². The van der Waals surface area contributed by atoms with Gasteiger partial charge in [0, 0.05) is 12.2 Å². The smallest absolute Gasteiger partial charge is 0.259 e. The molecule has 7 heteroatoms. The number of amides is 2. The Morgan fingerprint density at radius 2 is 2.06 bits per heavy atom. The topological polar surface area (TPSA) is 118 Å². The minimum atomic E-state index is -0.552. The Balaban J connectivity index is 2.98. The van der Waals surface area contributed by atoms with Crippen LogP contribution in [0.25, 0.3) is 0 Å². The molecule has 0 aromatic carbocycles. The lowest BCUT2D eigenvalue weighted by Gasteiger charge is -2.23. The number of nitrogens with one attached hydrogen (secondary N) is 1. The van der Waals surface area contributed by atoms with Crippen molar-refractivity contribution in [1.29, 1.82) is 0 Å². The molecule has 0 radical (unpaired) electrons. The maximum atomic E-state index is 12.3. The summed E-state index contributed by atoms with van der Waals surface area (Å²) in [7, 11) is 0. The fourth-order valence-corrected chi connectivity index (χ4v) is 1.72. The van der Waals surface area contributed by atoms with Crippen molar-refractivity contribution in [1.82, 2.24) is 15.1 Å². The third-order valence-corrected chi connectivity index (χ3v) is 2.41. The zero-order chi connectivity index (χ0) is 13.9. The number of nitrogens with zero attached hydrogens (tertiary/aromatic N) is 2. The third-order valence-electron chi connectivity index (χ3n) is 2.41. The number of aromatic amines is 1. The number of hydrogen-bond donors (Lipinski definition) is 3. The van der Waals surface area contributed by atoms with Crippen molar-refractivity contribution in [3.05, 3.63) is 11.3 Å². The van der Waals surface area contributed by atoms with E-state index in [1.54, 1.807) is 6.92 Å². The second kappa shape index (κ2) is 5.52. The van der Waals surface area contributed by atoms with E-state index in [9.17, 15) is 9.59 Å². The van der Waals surface area contributed by atoms with Crippen molar-refractivity contribution in [2.24, 2.45) is 11.7 Å². The van der Waals surface area contributed by atoms with Gasteiger partial charge in [-0.2, -0.15) is 5.10 Å². The molecule has 1 aromatic rings. The number of H-pyrrole nitrogens is 1. The summed E-state index contributed by atoms with van der Waals surface area (Å²) in [6, 6.07) is 0. The molecule has 0 saturated carbocycles. The molecule has 0 atom stereocenters. The third kappa shape index (κ3) is 3.22. The second-order valence-electron chi connectivity index (χ2n) is 4.65. The summed E-state index contributed by atoms with van der Waals surface area (Å²) in [6.07, 6.45) is 0. The summed E-state index contributed by atoms with van der Waals surface area (Å²) in [5, 5.41) is 6.41. The molecule has 7 nitrogen and oxygen atoms in total. The van der Waals surface area contributed by atoms with E-state index in [1.807, 2.05) is 13.8 Å². The lowest BCUT2D eigenvalue weighted by atomic mass is 10.1. The average molecular weight is 253 g/mol. The van der Waals surface area contributed by atoms with E-state index < -0.39 is 5.91 Å². The van der Waals surface area contributed by atoms with Gasteiger partial charge in [0.25, 0.3) is 5.91 Å². The molecule has 1 heterocycles. The van der Waals surface area contributed by atoms with Crippen LogP contribution in [0.1, 0.15) is 29.9 Å². The average Bonchev–Trinajstić information content (AvgIpc) is 2.55. The molecule has 5 N–H and O–H groups in total. The van der Waals surface area contributed by atoms with Gasteiger partial charge in [-0.15, -0.1) is 0 Å². The van der Waals surface area contributed by atoms with Crippen LogP contribution in [0.15, 0.2) is 0 Å². The van der Waals surface area contributed by atoms with Crippen LogP contribution in [0, 0.1) is 12.8 Å². The summed E-state index contributed by atoms with van der Waals surface area (Å²) >= 11 is 0. The second-order valence-corrected chi connectivity index (χ2v) is 4.65. The van der Waals surface area contributed by atoms with E-state index in [1.165, 1.54) is 4.90 Å². The normalized spacial score (nSPS) is 10.7. The lowest BCUT2D eigenvalue weighted by Crippen LogP contribution is -2.40. The van der Waals surface area contributed by atoms with Gasteiger partial charge in [-0.3, -0.25) is 14.7 Å². The van der Waals surface area contributed by atoms with Crippen LogP contribution in [0.3, 0.4) is 0 Å². The largest absolute Gasteiger partial charge is 0.382 e. The van der Waals surface area contributed by atoms with Crippen LogP contribution in [0.4, 0.5) is 5.82 Å². The summed E-state index contributed by atoms with van der Waals surface area (Å²) in [6.45, 7) is 5.92. The lowest BCUT2D eigenvalue weighted by molar-refractivity contribution is -0.118. The van der Waals surface area contributed by atoms with Crippen LogP contribution < -0.4 is 11.5 Å². The fourth-order valence-electron chi connectivity index (χ4n) is 1.72. The first-order valence-electron chi connectivity index (χ1n) is 5.71. The number of carbonyl (C=O) groups is 2. The SMILES string of the molecule is Cc1[nH]nc(N)c1C(=O)N(CC(N)=O)CC(C)C. The van der Waals surface area contributed by atoms with E-state index in [2.05, 4.69) is 10.2 Å². The van der Waals surface area contributed by atoms with Gasteiger partial charge < -0.3 is 16.4 Å². The number of hydrogen-bond acceptors (Lipinski definition) is 4. The molecule has 18 heavy (non-hydrogen) atoms. The Hall–Kier alpha value is -2.05. The molecule has 2 amide bonds. The Morgan fingerprint density at radius 3 is 2.44 bits per heavy atom. The van der Waals surface area contributed by atoms with Gasteiger partial charge >= 0.3 is 0 Å². The maximum Gasteiger partial charge on any atom is 0.259 e. The number of aromatic nitrogens is 2. The Labute approximate surface area is 106 Å². The predicted octanol–water partition coefficient (Wildman–Crippen LogP) is -0.116. The van der Waals surface area contributed by atoms with Gasteiger partial charge in [0.2, 0.25) is 5.91 Å². The highest BCUT2D eigenvalue weighted by atomic mass is 16.2. The summed E-state index contributed by atoms with van der Waals surface area (Å²) in [5.41, 5.74) is 11.7. The highest BCUT2D eigenvalue weighted by molar-refractivity contribution is 6.00. The van der Waals surface area contributed by atoms with Gasteiger partial charge in [-0.1, -0.05) is 13.8 Å². The predicted molar refractivity (Wildman–Crippen MR) is 67.7 cm³/mol. The van der Waals surface area contributed by atoms with Gasteiger partial charge in [0.15, 0.2) is 5.82 Å². The molecule has 0 spiro atoms. The molecule has 0 aliphatic carbocycles. The van der Waals surface area contributed by atoms with Crippen LogP contribution in [-0.4, -0.2) is 40.0 Å². The molecule has 0 aliphatic rings. The van der Waals surface area contributed by atoms with Gasteiger partial charge in [-0.05, 0) is 12.8 Å². The van der Waals surface area contributed by atoms with Crippen molar-refractivity contribution in [2.45, 2.75) is 20.8 Å². The van der Waals surface area contributed by atoms with Crippen LogP contribution >= 0.6 is 0 Å². The molecule has 100 valence electrons. The molecular weight excluding hydrogens is 234 g/mol. The van der Waals surface area contributed by atoms with E-state index in [0.29, 0.717) is 17.8 Å². The van der Waals surface area contributed by atoms with Gasteiger partial charge in [-0.25, -0.2) is 0 Å². The van der Waals surface area contributed by atoms with Crippen LogP contribution in [0.5, 0.6) is 0 Å². The minimum absolute atomic E-state index is 0.124. The summed E-state index contributed by atoms with van der Waals surface area (Å²) in [4.78, 5) is 24.7. The zero-order valence-electron chi connectivity index (χ0n) is 10.9. The van der Waals surface area contributed by atoms with Gasteiger partial charge in [0.05, 0.1) is 6.54 Å². The molecule has 1 rings (SSSR count). The number of aryl methyl sites for hydroxylation is 1. The zero-order valence-corrected chi connectivity index (χ0v) is 10.9. The molecular formula is C11H19N5O2. The molecule has 0 fully saturated rings. The summed E-state index contributed by atoms with van der Waals surface area (Å²) < 4.78 is 0. The van der Waals surface area contributed by atoms with Crippen molar-refractivity contribution in [2.75, 3.05) is 18.8 Å². The number of anilines is 1. The van der Waals surface area contributed by atoms with Crippen molar-refractivity contribution >= 4 is 17.6 Å². The molecule has 0 bridgehead atoms. The maximum absolute atomic E-state index is 12.3. The highest BCUT2D eigenvalue weighted by Gasteiger charge is 2.24. The Kier molecular flexibility index (Phi) is 4.30. The molecule has 0 saturated heterocycles. The first-order valence-corrected chi connectivity index (χ1v) is 5.71. The first kappa shape index (κ1) is 14.0. The number of rotatable bonds is 5. The molecule has 1 aromatic heterocycles. The van der Waals surface area contributed by atoms with E-state index in [-0.39, 0.29) is 24.2 Å². The Bertz CT molecular complexity index is 433. The minimum Gasteiger partial charge on any atom is -0.382 e. The molecule has 0 unspecified atom stereocenters. The van der Waals surface area contributed by atoms with E-state index in [4.69, 9.17) is 11.5 Å². The fraction of sp³-hybridized carbons (Fsp3) is 0.545. The summed E-state index contributed by atoms with van der Waals surface area (Å²) in [5.74, 6) is -0.521. The van der Waals surface area contributed by atoms with Crippen molar-refractivity contribution in [3.63, 3.8) is 0 Å². The van der Waals surface area contributed by atoms with Gasteiger partial charge in [0.1, 0.15) is 5.56 Å². The Morgan fingerprint density at radius 1 is 1.44 bits per heavy atom. The number of nitrogen functional groups attached to an aromatic ring is 1. The van der Waals surface area contributed by atoms with Crippen molar-refractivity contribution < 1.29 is 9.59 Å².